The van der Waals surface area contributed by atoms with Crippen LogP contribution in [0.3, 0.4) is 0 Å². The summed E-state index contributed by atoms with van der Waals surface area (Å²) < 4.78 is 0. The van der Waals surface area contributed by atoms with Crippen LogP contribution >= 0.6 is 0 Å². The van der Waals surface area contributed by atoms with E-state index in [4.69, 9.17) is 0 Å². The number of rotatable bonds is 8. The molecule has 0 amide bonds. The number of nitrogens with zero attached hydrogens (tertiary/aromatic N) is 2. The molecule has 6 aromatic rings. The molecule has 2 heteroatoms. The Morgan fingerprint density at radius 1 is 0.312 bits per heavy atom. The lowest BCUT2D eigenvalue weighted by Crippen LogP contribution is -2.13. The molecule has 6 aromatic carbocycles. The van der Waals surface area contributed by atoms with Gasteiger partial charge in [0.2, 0.25) is 0 Å². The largest absolute Gasteiger partial charge is 0.311 e. The molecule has 0 N–H and O–H groups in total. The van der Waals surface area contributed by atoms with E-state index in [-0.39, 0.29) is 10.8 Å². The second-order valence-electron chi connectivity index (χ2n) is 14.5. The Bertz CT molecular complexity index is 1780. The number of benzene rings is 6. The lowest BCUT2D eigenvalue weighted by atomic mass is 9.87. The van der Waals surface area contributed by atoms with Gasteiger partial charge in [0.15, 0.2) is 0 Å². The molecule has 0 aliphatic heterocycles. The highest BCUT2D eigenvalue weighted by molar-refractivity contribution is 5.80. The van der Waals surface area contributed by atoms with Gasteiger partial charge >= 0.3 is 0 Å². The van der Waals surface area contributed by atoms with E-state index in [1.807, 2.05) is 0 Å². The molecular weight excluding hydrogens is 581 g/mol. The summed E-state index contributed by atoms with van der Waals surface area (Å²) in [6, 6.07) is 56.6. The molecule has 0 saturated heterocycles. The average Bonchev–Trinajstić information content (AvgIpc) is 3.09. The Kier molecular flexibility index (Phi) is 9.37. The van der Waals surface area contributed by atoms with Gasteiger partial charge in [-0.3, -0.25) is 0 Å². The van der Waals surface area contributed by atoms with Crippen LogP contribution in [0.1, 0.15) is 63.8 Å². The van der Waals surface area contributed by atoms with Crippen LogP contribution in [-0.2, 0) is 10.8 Å². The molecule has 0 bridgehead atoms. The first-order valence-electron chi connectivity index (χ1n) is 16.9. The molecular formula is C46H46N2. The Hall–Kier alpha value is -5.34. The van der Waals surface area contributed by atoms with Gasteiger partial charge in [0, 0.05) is 34.1 Å². The van der Waals surface area contributed by atoms with E-state index in [2.05, 4.69) is 221 Å². The minimum atomic E-state index is 0.115. The molecule has 0 atom stereocenters. The first kappa shape index (κ1) is 32.6. The number of anilines is 6. The van der Waals surface area contributed by atoms with Crippen molar-refractivity contribution in [2.45, 2.75) is 52.4 Å². The van der Waals surface area contributed by atoms with Crippen LogP contribution in [0, 0.1) is 0 Å². The molecule has 0 fully saturated rings. The normalized spacial score (nSPS) is 11.9. The van der Waals surface area contributed by atoms with Crippen LogP contribution in [0.15, 0.2) is 158 Å². The van der Waals surface area contributed by atoms with Gasteiger partial charge in [-0.25, -0.2) is 0 Å². The van der Waals surface area contributed by atoms with Crippen molar-refractivity contribution < 1.29 is 0 Å². The molecule has 0 aliphatic carbocycles. The van der Waals surface area contributed by atoms with Gasteiger partial charge in [-0.05, 0) is 106 Å². The van der Waals surface area contributed by atoms with Crippen LogP contribution in [0.4, 0.5) is 34.1 Å². The first-order valence-corrected chi connectivity index (χ1v) is 16.9. The SMILES string of the molecule is CC(C)(C)c1ccc(N(c2ccccc2)c2ccc(C=Cc3ccc(N(c4ccccc4)c4ccc(C(C)(C)C)cc4)cc3)cc2)cc1. The van der Waals surface area contributed by atoms with E-state index in [0.29, 0.717) is 0 Å². The van der Waals surface area contributed by atoms with Crippen LogP contribution in [0.5, 0.6) is 0 Å². The first-order chi connectivity index (χ1) is 23.1. The minimum Gasteiger partial charge on any atom is -0.311 e. The van der Waals surface area contributed by atoms with E-state index < -0.39 is 0 Å². The highest BCUT2D eigenvalue weighted by atomic mass is 15.1. The van der Waals surface area contributed by atoms with Crippen LogP contribution in [0.25, 0.3) is 12.2 Å². The topological polar surface area (TPSA) is 6.48 Å². The molecule has 2 nitrogen and oxygen atoms in total. The third-order valence-electron chi connectivity index (χ3n) is 8.78. The van der Waals surface area contributed by atoms with E-state index in [0.717, 1.165) is 45.3 Å². The number of para-hydroxylation sites is 2. The Morgan fingerprint density at radius 2 is 0.562 bits per heavy atom. The molecule has 0 aromatic heterocycles. The fourth-order valence-electron chi connectivity index (χ4n) is 5.93. The van der Waals surface area contributed by atoms with E-state index in [9.17, 15) is 0 Å². The summed E-state index contributed by atoms with van der Waals surface area (Å²) in [5.74, 6) is 0. The van der Waals surface area contributed by atoms with Crippen molar-refractivity contribution in [2.75, 3.05) is 9.80 Å². The van der Waals surface area contributed by atoms with Gasteiger partial charge in [-0.2, -0.15) is 0 Å². The number of hydrogen-bond donors (Lipinski definition) is 0. The lowest BCUT2D eigenvalue weighted by Gasteiger charge is -2.27. The molecule has 0 aliphatic rings. The van der Waals surface area contributed by atoms with Crippen LogP contribution < -0.4 is 9.80 Å². The van der Waals surface area contributed by atoms with Crippen LogP contribution in [-0.4, -0.2) is 0 Å². The van der Waals surface area contributed by atoms with E-state index >= 15 is 0 Å². The fraction of sp³-hybridized carbons (Fsp3) is 0.174. The van der Waals surface area contributed by atoms with Crippen molar-refractivity contribution in [1.29, 1.82) is 0 Å². The van der Waals surface area contributed by atoms with Crippen LogP contribution in [0.2, 0.25) is 0 Å². The van der Waals surface area contributed by atoms with E-state index in [1.165, 1.54) is 11.1 Å². The second kappa shape index (κ2) is 13.8. The zero-order chi connectivity index (χ0) is 33.7. The molecule has 0 saturated carbocycles. The van der Waals surface area contributed by atoms with Gasteiger partial charge in [-0.1, -0.05) is 139 Å². The maximum atomic E-state index is 2.31. The third-order valence-corrected chi connectivity index (χ3v) is 8.78. The lowest BCUT2D eigenvalue weighted by molar-refractivity contribution is 0.590. The summed E-state index contributed by atoms with van der Waals surface area (Å²) in [5.41, 5.74) is 12.0. The molecule has 48 heavy (non-hydrogen) atoms. The Labute approximate surface area is 287 Å². The van der Waals surface area contributed by atoms with Gasteiger partial charge in [0.1, 0.15) is 0 Å². The summed E-state index contributed by atoms with van der Waals surface area (Å²) in [4.78, 5) is 4.63. The standard InChI is InChI=1S/C46H46N2/c1-45(2,3)37-23-31-43(32-24-37)47(39-13-9-7-10-14-39)41-27-19-35(20-28-41)17-18-36-21-29-42(30-22-36)48(40-15-11-8-12-16-40)44-33-25-38(26-34-44)46(4,5)6/h7-34H,1-6H3. The second-order valence-corrected chi connectivity index (χ2v) is 14.5. The molecule has 0 radical (unpaired) electrons. The fourth-order valence-corrected chi connectivity index (χ4v) is 5.93. The molecule has 0 heterocycles. The Morgan fingerprint density at radius 3 is 0.833 bits per heavy atom. The van der Waals surface area contributed by atoms with Crippen molar-refractivity contribution in [3.05, 3.63) is 180 Å². The third kappa shape index (κ3) is 7.61. The van der Waals surface area contributed by atoms with Crippen molar-refractivity contribution in [3.63, 3.8) is 0 Å². The highest BCUT2D eigenvalue weighted by Gasteiger charge is 2.18. The van der Waals surface area contributed by atoms with Crippen molar-refractivity contribution in [2.24, 2.45) is 0 Å². The average molecular weight is 627 g/mol. The monoisotopic (exact) mass is 626 g/mol. The van der Waals surface area contributed by atoms with E-state index in [1.54, 1.807) is 0 Å². The van der Waals surface area contributed by atoms with Gasteiger partial charge in [0.25, 0.3) is 0 Å². The number of hydrogen-bond acceptors (Lipinski definition) is 2. The van der Waals surface area contributed by atoms with Gasteiger partial charge in [-0.15, -0.1) is 0 Å². The quantitative estimate of drug-likeness (QED) is 0.155. The highest BCUT2D eigenvalue weighted by Crippen LogP contribution is 2.37. The summed E-state index contributed by atoms with van der Waals surface area (Å²) in [6.45, 7) is 13.5. The summed E-state index contributed by atoms with van der Waals surface area (Å²) in [7, 11) is 0. The smallest absolute Gasteiger partial charge is 0.0462 e. The molecule has 0 spiro atoms. The molecule has 6 rings (SSSR count). The predicted octanol–water partition coefficient (Wildman–Crippen LogP) is 13.4. The molecule has 240 valence electrons. The minimum absolute atomic E-state index is 0.115. The summed E-state index contributed by atoms with van der Waals surface area (Å²) >= 11 is 0. The zero-order valence-electron chi connectivity index (χ0n) is 29.1. The zero-order valence-corrected chi connectivity index (χ0v) is 29.1. The Balaban J connectivity index is 1.23. The maximum Gasteiger partial charge on any atom is 0.0462 e. The van der Waals surface area contributed by atoms with Crippen molar-refractivity contribution in [1.82, 2.24) is 0 Å². The van der Waals surface area contributed by atoms with Crippen molar-refractivity contribution in [3.8, 4) is 0 Å². The maximum absolute atomic E-state index is 2.31. The predicted molar refractivity (Wildman–Crippen MR) is 209 cm³/mol. The molecule has 0 unspecified atom stereocenters. The van der Waals surface area contributed by atoms with Crippen molar-refractivity contribution >= 4 is 46.3 Å². The van der Waals surface area contributed by atoms with Gasteiger partial charge < -0.3 is 9.80 Å². The summed E-state index contributed by atoms with van der Waals surface area (Å²) in [5, 5.41) is 0. The summed E-state index contributed by atoms with van der Waals surface area (Å²) in [6.07, 6.45) is 4.37. The van der Waals surface area contributed by atoms with Gasteiger partial charge in [0.05, 0.1) is 0 Å².